The van der Waals surface area contributed by atoms with Crippen LogP contribution in [0.3, 0.4) is 0 Å². The molecule has 0 atom stereocenters. The normalized spacial score (nSPS) is 11.5. The molecule has 2 aromatic heterocycles. The van der Waals surface area contributed by atoms with Crippen molar-refractivity contribution in [2.75, 3.05) is 4.90 Å². The summed E-state index contributed by atoms with van der Waals surface area (Å²) in [4.78, 5) is 2.33. The summed E-state index contributed by atoms with van der Waals surface area (Å²) in [5, 5.41) is 4.27. The molecule has 0 radical (unpaired) electrons. The van der Waals surface area contributed by atoms with Crippen LogP contribution in [0.1, 0.15) is 0 Å². The number of furan rings is 2. The van der Waals surface area contributed by atoms with E-state index in [0.717, 1.165) is 83.2 Å². The van der Waals surface area contributed by atoms with E-state index in [9.17, 15) is 0 Å². The van der Waals surface area contributed by atoms with Gasteiger partial charge in [0.25, 0.3) is 0 Å². The fraction of sp³-hybridized carbons (Fsp3) is 0. The van der Waals surface area contributed by atoms with Crippen LogP contribution in [0.15, 0.2) is 221 Å². The lowest BCUT2D eigenvalue weighted by atomic mass is 9.97. The van der Waals surface area contributed by atoms with Gasteiger partial charge in [-0.05, 0) is 99.6 Å². The fourth-order valence-corrected chi connectivity index (χ4v) is 8.28. The van der Waals surface area contributed by atoms with Gasteiger partial charge >= 0.3 is 0 Å². The smallest absolute Gasteiger partial charge is 0.147 e. The molecule has 0 aliphatic heterocycles. The number of rotatable bonds is 7. The molecule has 0 fully saturated rings. The van der Waals surface area contributed by atoms with Gasteiger partial charge in [0.2, 0.25) is 0 Å². The molecule has 0 saturated carbocycles. The highest BCUT2D eigenvalue weighted by Gasteiger charge is 2.19. The highest BCUT2D eigenvalue weighted by Crippen LogP contribution is 2.43. The zero-order chi connectivity index (χ0) is 37.7. The largest absolute Gasteiger partial charge is 0.456 e. The molecule has 0 amide bonds. The Morgan fingerprint density at radius 3 is 1.39 bits per heavy atom. The lowest BCUT2D eigenvalue weighted by molar-refractivity contribution is 0.663. The molecule has 3 heteroatoms. The van der Waals surface area contributed by atoms with E-state index < -0.39 is 0 Å². The van der Waals surface area contributed by atoms with Gasteiger partial charge in [-0.3, -0.25) is 0 Å². The third kappa shape index (κ3) is 5.76. The van der Waals surface area contributed by atoms with Crippen LogP contribution >= 0.6 is 0 Å². The summed E-state index contributed by atoms with van der Waals surface area (Å²) in [7, 11) is 0. The van der Waals surface area contributed by atoms with Gasteiger partial charge in [0.15, 0.2) is 0 Å². The Labute approximate surface area is 330 Å². The van der Waals surface area contributed by atoms with Gasteiger partial charge in [0, 0.05) is 38.8 Å². The van der Waals surface area contributed by atoms with E-state index in [1.54, 1.807) is 0 Å². The van der Waals surface area contributed by atoms with E-state index in [2.05, 4.69) is 199 Å². The second-order valence-corrected chi connectivity index (χ2v) is 14.5. The number of fused-ring (bicyclic) bond motifs is 7. The minimum Gasteiger partial charge on any atom is -0.456 e. The van der Waals surface area contributed by atoms with Crippen molar-refractivity contribution in [3.8, 4) is 44.5 Å². The van der Waals surface area contributed by atoms with Crippen molar-refractivity contribution in [1.29, 1.82) is 0 Å². The topological polar surface area (TPSA) is 29.5 Å². The standard InChI is InChI=1S/C54H35NO2/c1-3-11-36(12-4-1)38-21-27-43(28-22-38)55(44-29-23-39(24-30-44)37-13-5-2-6-14-37)45-31-25-40(26-32-45)41-15-9-16-42(35-41)46-18-10-19-47-48-33-34-51-52(54(48)57-53(46)47)49-17-7-8-20-50(49)56-51/h1-35H. The fourth-order valence-electron chi connectivity index (χ4n) is 8.28. The number of nitrogens with zero attached hydrogens (tertiary/aromatic N) is 1. The van der Waals surface area contributed by atoms with Crippen molar-refractivity contribution in [3.63, 3.8) is 0 Å². The predicted octanol–water partition coefficient (Wildman–Crippen LogP) is 15.6. The number of hydrogen-bond acceptors (Lipinski definition) is 3. The van der Waals surface area contributed by atoms with Crippen molar-refractivity contribution in [2.45, 2.75) is 0 Å². The number of para-hydroxylation sites is 2. The maximum atomic E-state index is 6.79. The van der Waals surface area contributed by atoms with Gasteiger partial charge < -0.3 is 13.7 Å². The molecule has 0 bridgehead atoms. The molecule has 0 aliphatic rings. The van der Waals surface area contributed by atoms with Crippen molar-refractivity contribution >= 4 is 60.9 Å². The van der Waals surface area contributed by atoms with Crippen LogP contribution < -0.4 is 4.90 Å². The van der Waals surface area contributed by atoms with E-state index >= 15 is 0 Å². The van der Waals surface area contributed by atoms with Crippen LogP contribution in [0, 0.1) is 0 Å². The summed E-state index contributed by atoms with van der Waals surface area (Å²) in [6.07, 6.45) is 0. The average Bonchev–Trinajstić information content (AvgIpc) is 3.87. The molecule has 2 heterocycles. The maximum absolute atomic E-state index is 6.79. The highest BCUT2D eigenvalue weighted by atomic mass is 16.3. The quantitative estimate of drug-likeness (QED) is 0.164. The minimum absolute atomic E-state index is 0.835. The van der Waals surface area contributed by atoms with Crippen molar-refractivity contribution < 1.29 is 8.83 Å². The minimum atomic E-state index is 0.835. The molecule has 0 aliphatic carbocycles. The molecule has 57 heavy (non-hydrogen) atoms. The summed E-state index contributed by atoms with van der Waals surface area (Å²) < 4.78 is 13.0. The number of benzene rings is 9. The summed E-state index contributed by atoms with van der Waals surface area (Å²) in [5.74, 6) is 0. The summed E-state index contributed by atoms with van der Waals surface area (Å²) in [6, 6.07) is 75.1. The van der Waals surface area contributed by atoms with E-state index in [1.807, 2.05) is 18.2 Å². The number of anilines is 3. The van der Waals surface area contributed by atoms with Crippen molar-refractivity contribution in [3.05, 3.63) is 212 Å². The first-order valence-corrected chi connectivity index (χ1v) is 19.3. The monoisotopic (exact) mass is 729 g/mol. The van der Waals surface area contributed by atoms with Crippen LogP contribution in [0.25, 0.3) is 88.4 Å². The predicted molar refractivity (Wildman–Crippen MR) is 237 cm³/mol. The van der Waals surface area contributed by atoms with Crippen LogP contribution in [-0.4, -0.2) is 0 Å². The molecular weight excluding hydrogens is 695 g/mol. The third-order valence-electron chi connectivity index (χ3n) is 11.1. The first kappa shape index (κ1) is 32.8. The van der Waals surface area contributed by atoms with E-state index in [0.29, 0.717) is 0 Å². The third-order valence-corrected chi connectivity index (χ3v) is 11.1. The van der Waals surface area contributed by atoms with Crippen LogP contribution in [-0.2, 0) is 0 Å². The van der Waals surface area contributed by atoms with Crippen LogP contribution in [0.4, 0.5) is 17.1 Å². The van der Waals surface area contributed by atoms with E-state index in [4.69, 9.17) is 8.83 Å². The molecule has 11 rings (SSSR count). The first-order valence-electron chi connectivity index (χ1n) is 19.3. The Balaban J connectivity index is 0.960. The molecule has 3 nitrogen and oxygen atoms in total. The van der Waals surface area contributed by atoms with Gasteiger partial charge in [0.05, 0.1) is 5.39 Å². The molecule has 268 valence electrons. The highest BCUT2D eigenvalue weighted by molar-refractivity contribution is 6.23. The van der Waals surface area contributed by atoms with Gasteiger partial charge in [-0.25, -0.2) is 0 Å². The SMILES string of the molecule is c1ccc(-c2ccc(N(c3ccc(-c4ccccc4)cc3)c3ccc(-c4cccc(-c5cccc6c5oc5c6ccc6oc7ccccc7c65)c4)cc3)cc2)cc1. The molecule has 0 saturated heterocycles. The zero-order valence-corrected chi connectivity index (χ0v) is 31.0. The summed E-state index contributed by atoms with van der Waals surface area (Å²) >= 11 is 0. The summed E-state index contributed by atoms with van der Waals surface area (Å²) in [6.45, 7) is 0. The van der Waals surface area contributed by atoms with Crippen molar-refractivity contribution in [1.82, 2.24) is 0 Å². The molecule has 0 spiro atoms. The van der Waals surface area contributed by atoms with Gasteiger partial charge in [0.1, 0.15) is 22.3 Å². The van der Waals surface area contributed by atoms with Crippen LogP contribution in [0.2, 0.25) is 0 Å². The Kier molecular flexibility index (Phi) is 7.82. The zero-order valence-electron chi connectivity index (χ0n) is 31.0. The maximum Gasteiger partial charge on any atom is 0.147 e. The first-order chi connectivity index (χ1) is 28.2. The second-order valence-electron chi connectivity index (χ2n) is 14.5. The molecule has 9 aromatic carbocycles. The van der Waals surface area contributed by atoms with E-state index in [1.165, 1.54) is 22.3 Å². The Bertz CT molecular complexity index is 3110. The lowest BCUT2D eigenvalue weighted by Crippen LogP contribution is -2.09. The molecule has 0 N–H and O–H groups in total. The molecule has 11 aromatic rings. The Morgan fingerprint density at radius 2 is 0.754 bits per heavy atom. The Hall–Kier alpha value is -7.62. The average molecular weight is 730 g/mol. The van der Waals surface area contributed by atoms with Crippen molar-refractivity contribution in [2.24, 2.45) is 0 Å². The summed E-state index contributed by atoms with van der Waals surface area (Å²) in [5.41, 5.74) is 15.9. The van der Waals surface area contributed by atoms with Gasteiger partial charge in [-0.1, -0.05) is 152 Å². The second kappa shape index (κ2) is 13.6. The Morgan fingerprint density at radius 1 is 0.281 bits per heavy atom. The lowest BCUT2D eigenvalue weighted by Gasteiger charge is -2.26. The molecule has 0 unspecified atom stereocenters. The molecular formula is C54H35NO2. The van der Waals surface area contributed by atoms with Gasteiger partial charge in [-0.2, -0.15) is 0 Å². The number of hydrogen-bond donors (Lipinski definition) is 0. The van der Waals surface area contributed by atoms with Crippen LogP contribution in [0.5, 0.6) is 0 Å². The van der Waals surface area contributed by atoms with E-state index in [-0.39, 0.29) is 0 Å². The van der Waals surface area contributed by atoms with Gasteiger partial charge in [-0.15, -0.1) is 0 Å².